The molecule has 3 nitrogen and oxygen atoms in total. The molecule has 1 aliphatic heterocycles. The summed E-state index contributed by atoms with van der Waals surface area (Å²) in [4.78, 5) is 0. The molecule has 0 amide bonds. The lowest BCUT2D eigenvalue weighted by Crippen LogP contribution is -2.41. The van der Waals surface area contributed by atoms with Crippen LogP contribution in [0.15, 0.2) is 66.7 Å². The minimum atomic E-state index is -1.10. The van der Waals surface area contributed by atoms with Crippen molar-refractivity contribution < 1.29 is 14.2 Å². The van der Waals surface area contributed by atoms with E-state index < -0.39 is 5.97 Å². The molecular formula is C20H22O3. The van der Waals surface area contributed by atoms with Gasteiger partial charge < -0.3 is 14.2 Å². The first kappa shape index (κ1) is 15.8. The Morgan fingerprint density at radius 1 is 0.870 bits per heavy atom. The van der Waals surface area contributed by atoms with Crippen molar-refractivity contribution in [2.45, 2.75) is 25.7 Å². The lowest BCUT2D eigenvalue weighted by Gasteiger charge is -2.33. The summed E-state index contributed by atoms with van der Waals surface area (Å²) in [6.07, 6.45) is 2.09. The van der Waals surface area contributed by atoms with E-state index in [1.807, 2.05) is 62.4 Å². The quantitative estimate of drug-likeness (QED) is 0.732. The first-order valence-electron chi connectivity index (χ1n) is 8.08. The van der Waals surface area contributed by atoms with Gasteiger partial charge in [0.25, 0.3) is 0 Å². The SMILES string of the molecule is CCOC1(OCC)OC(c2ccccc2)=CC1c1ccccc1. The van der Waals surface area contributed by atoms with E-state index in [-0.39, 0.29) is 5.92 Å². The van der Waals surface area contributed by atoms with Gasteiger partial charge in [-0.3, -0.25) is 0 Å². The van der Waals surface area contributed by atoms with Gasteiger partial charge in [0.2, 0.25) is 0 Å². The van der Waals surface area contributed by atoms with E-state index in [1.165, 1.54) is 0 Å². The lowest BCUT2D eigenvalue weighted by atomic mass is 9.96. The van der Waals surface area contributed by atoms with E-state index in [0.717, 1.165) is 16.9 Å². The Labute approximate surface area is 137 Å². The van der Waals surface area contributed by atoms with Gasteiger partial charge in [0.05, 0.1) is 13.2 Å². The van der Waals surface area contributed by atoms with Gasteiger partial charge in [-0.1, -0.05) is 60.7 Å². The highest BCUT2D eigenvalue weighted by atomic mass is 16.9. The topological polar surface area (TPSA) is 27.7 Å². The maximum Gasteiger partial charge on any atom is 0.338 e. The van der Waals surface area contributed by atoms with Gasteiger partial charge in [0.15, 0.2) is 0 Å². The minimum Gasteiger partial charge on any atom is -0.438 e. The molecule has 3 heteroatoms. The molecular weight excluding hydrogens is 288 g/mol. The maximum absolute atomic E-state index is 6.20. The zero-order valence-electron chi connectivity index (χ0n) is 13.6. The van der Waals surface area contributed by atoms with Crippen LogP contribution in [0.5, 0.6) is 0 Å². The molecule has 0 spiro atoms. The van der Waals surface area contributed by atoms with Crippen molar-refractivity contribution >= 4 is 5.76 Å². The largest absolute Gasteiger partial charge is 0.438 e. The van der Waals surface area contributed by atoms with Crippen LogP contribution in [0.25, 0.3) is 5.76 Å². The second kappa shape index (κ2) is 6.99. The van der Waals surface area contributed by atoms with Crippen LogP contribution in [0.4, 0.5) is 0 Å². The average molecular weight is 310 g/mol. The van der Waals surface area contributed by atoms with E-state index in [0.29, 0.717) is 13.2 Å². The number of benzene rings is 2. The smallest absolute Gasteiger partial charge is 0.338 e. The Morgan fingerprint density at radius 3 is 2.00 bits per heavy atom. The van der Waals surface area contributed by atoms with Crippen LogP contribution in [0.3, 0.4) is 0 Å². The third kappa shape index (κ3) is 3.16. The van der Waals surface area contributed by atoms with Gasteiger partial charge in [0.1, 0.15) is 11.7 Å². The Balaban J connectivity index is 2.03. The number of hydrogen-bond donors (Lipinski definition) is 0. The second-order valence-corrected chi connectivity index (χ2v) is 5.36. The van der Waals surface area contributed by atoms with Crippen LogP contribution in [0.1, 0.15) is 30.9 Å². The molecule has 0 saturated heterocycles. The van der Waals surface area contributed by atoms with Crippen molar-refractivity contribution in [1.29, 1.82) is 0 Å². The average Bonchev–Trinajstić information content (AvgIpc) is 2.96. The van der Waals surface area contributed by atoms with E-state index in [1.54, 1.807) is 0 Å². The first-order chi connectivity index (χ1) is 11.3. The summed E-state index contributed by atoms with van der Waals surface area (Å²) in [5, 5.41) is 0. The molecule has 1 heterocycles. The molecule has 0 radical (unpaired) electrons. The molecule has 1 aliphatic rings. The van der Waals surface area contributed by atoms with Gasteiger partial charge in [0, 0.05) is 5.56 Å². The van der Waals surface area contributed by atoms with Gasteiger partial charge in [-0.05, 0) is 25.5 Å². The third-order valence-corrected chi connectivity index (χ3v) is 3.86. The fourth-order valence-electron chi connectivity index (χ4n) is 2.91. The summed E-state index contributed by atoms with van der Waals surface area (Å²) in [6.45, 7) is 4.93. The Hall–Kier alpha value is -2.10. The van der Waals surface area contributed by atoms with Crippen LogP contribution < -0.4 is 0 Å². The molecule has 0 fully saturated rings. The summed E-state index contributed by atoms with van der Waals surface area (Å²) in [5.74, 6) is -0.420. The lowest BCUT2D eigenvalue weighted by molar-refractivity contribution is -0.351. The van der Waals surface area contributed by atoms with Crippen LogP contribution >= 0.6 is 0 Å². The highest BCUT2D eigenvalue weighted by Crippen LogP contribution is 2.45. The van der Waals surface area contributed by atoms with Crippen LogP contribution in [-0.4, -0.2) is 19.2 Å². The zero-order chi connectivity index (χ0) is 16.1. The Bertz CT molecular complexity index is 643. The summed E-state index contributed by atoms with van der Waals surface area (Å²) >= 11 is 0. The fraction of sp³-hybridized carbons (Fsp3) is 0.300. The Morgan fingerprint density at radius 2 is 1.43 bits per heavy atom. The van der Waals surface area contributed by atoms with Crippen molar-refractivity contribution in [3.8, 4) is 0 Å². The van der Waals surface area contributed by atoms with Gasteiger partial charge in [-0.15, -0.1) is 0 Å². The molecule has 2 aromatic carbocycles. The first-order valence-corrected chi connectivity index (χ1v) is 8.08. The summed E-state index contributed by atoms with van der Waals surface area (Å²) < 4.78 is 18.1. The van der Waals surface area contributed by atoms with Crippen LogP contribution in [0.2, 0.25) is 0 Å². The van der Waals surface area contributed by atoms with E-state index >= 15 is 0 Å². The summed E-state index contributed by atoms with van der Waals surface area (Å²) in [6, 6.07) is 20.2. The number of ether oxygens (including phenoxy) is 3. The second-order valence-electron chi connectivity index (χ2n) is 5.36. The zero-order valence-corrected chi connectivity index (χ0v) is 13.6. The van der Waals surface area contributed by atoms with Crippen molar-refractivity contribution in [1.82, 2.24) is 0 Å². The molecule has 1 atom stereocenters. The molecule has 2 aromatic rings. The van der Waals surface area contributed by atoms with Crippen molar-refractivity contribution in [2.75, 3.05) is 13.2 Å². The van der Waals surface area contributed by atoms with Crippen LogP contribution in [-0.2, 0) is 14.2 Å². The van der Waals surface area contributed by atoms with Crippen molar-refractivity contribution in [3.05, 3.63) is 77.9 Å². The highest BCUT2D eigenvalue weighted by Gasteiger charge is 2.49. The predicted octanol–water partition coefficient (Wildman–Crippen LogP) is 4.57. The molecule has 23 heavy (non-hydrogen) atoms. The number of hydrogen-bond acceptors (Lipinski definition) is 3. The molecule has 1 unspecified atom stereocenters. The molecule has 0 saturated carbocycles. The van der Waals surface area contributed by atoms with Crippen LogP contribution in [0, 0.1) is 0 Å². The van der Waals surface area contributed by atoms with Gasteiger partial charge in [-0.25, -0.2) is 0 Å². The van der Waals surface area contributed by atoms with Crippen molar-refractivity contribution in [2.24, 2.45) is 0 Å². The normalized spacial score (nSPS) is 19.2. The van der Waals surface area contributed by atoms with Gasteiger partial charge in [-0.2, -0.15) is 0 Å². The van der Waals surface area contributed by atoms with Gasteiger partial charge >= 0.3 is 5.97 Å². The maximum atomic E-state index is 6.20. The summed E-state index contributed by atoms with van der Waals surface area (Å²) in [5.41, 5.74) is 2.13. The molecule has 0 bridgehead atoms. The van der Waals surface area contributed by atoms with Crippen molar-refractivity contribution in [3.63, 3.8) is 0 Å². The van der Waals surface area contributed by atoms with E-state index in [4.69, 9.17) is 14.2 Å². The summed E-state index contributed by atoms with van der Waals surface area (Å²) in [7, 11) is 0. The Kier molecular flexibility index (Phi) is 4.79. The molecule has 0 aliphatic carbocycles. The monoisotopic (exact) mass is 310 g/mol. The highest BCUT2D eigenvalue weighted by molar-refractivity contribution is 5.63. The molecule has 120 valence electrons. The fourth-order valence-corrected chi connectivity index (χ4v) is 2.91. The third-order valence-electron chi connectivity index (χ3n) is 3.86. The standard InChI is InChI=1S/C20H22O3/c1-3-21-20(22-4-2)18(16-11-7-5-8-12-16)15-19(23-20)17-13-9-6-10-14-17/h5-15,18H,3-4H2,1-2H3. The van der Waals surface area contributed by atoms with E-state index in [2.05, 4.69) is 18.2 Å². The molecule has 0 N–H and O–H groups in total. The molecule has 0 aromatic heterocycles. The predicted molar refractivity (Wildman–Crippen MR) is 90.7 cm³/mol. The minimum absolute atomic E-state index is 0.112. The van der Waals surface area contributed by atoms with E-state index in [9.17, 15) is 0 Å². The number of rotatable bonds is 6. The molecule has 3 rings (SSSR count).